The molecule has 0 aliphatic rings. The first-order valence-corrected chi connectivity index (χ1v) is 5.49. The predicted molar refractivity (Wildman–Crippen MR) is 56.4 cm³/mol. The minimum absolute atomic E-state index is 0.704. The third-order valence-corrected chi connectivity index (χ3v) is 2.55. The fraction of sp³-hybridized carbons (Fsp3) is 1.00. The molecule has 0 aromatic carbocycles. The van der Waals surface area contributed by atoms with Crippen molar-refractivity contribution in [3.8, 4) is 0 Å². The molecule has 0 bridgehead atoms. The molecule has 12 heavy (non-hydrogen) atoms. The fourth-order valence-corrected chi connectivity index (χ4v) is 1.87. The number of hydrogen-bond donors (Lipinski definition) is 1. The second-order valence-electron chi connectivity index (χ2n) is 3.68. The number of rotatable bonds is 7. The Morgan fingerprint density at radius 3 is 1.83 bits per heavy atom. The van der Waals surface area contributed by atoms with Crippen LogP contribution in [0.15, 0.2) is 0 Å². The van der Waals surface area contributed by atoms with Crippen molar-refractivity contribution in [1.82, 2.24) is 5.32 Å². The zero-order valence-corrected chi connectivity index (χ0v) is 9.19. The molecule has 1 atom stereocenters. The molecule has 0 saturated heterocycles. The maximum atomic E-state index is 3.52. The van der Waals surface area contributed by atoms with Crippen molar-refractivity contribution >= 4 is 0 Å². The van der Waals surface area contributed by atoms with Crippen molar-refractivity contribution in [2.24, 2.45) is 5.92 Å². The Bertz CT molecular complexity index is 85.0. The lowest BCUT2D eigenvalue weighted by Crippen LogP contribution is -2.33. The molecule has 0 saturated carbocycles. The Balaban J connectivity index is 3.72. The summed E-state index contributed by atoms with van der Waals surface area (Å²) in [6.45, 7) is 10.2. The highest BCUT2D eigenvalue weighted by molar-refractivity contribution is 4.70. The summed E-state index contributed by atoms with van der Waals surface area (Å²) in [4.78, 5) is 0. The largest absolute Gasteiger partial charge is 0.314 e. The van der Waals surface area contributed by atoms with Gasteiger partial charge in [-0.05, 0) is 32.2 Å². The molecule has 0 aromatic heterocycles. The Labute approximate surface area is 77.9 Å². The third-order valence-electron chi connectivity index (χ3n) is 2.55. The van der Waals surface area contributed by atoms with Gasteiger partial charge in [-0.25, -0.2) is 0 Å². The maximum Gasteiger partial charge on any atom is 0.00668 e. The highest BCUT2D eigenvalue weighted by Crippen LogP contribution is 2.17. The predicted octanol–water partition coefficient (Wildman–Crippen LogP) is 3.20. The lowest BCUT2D eigenvalue weighted by Gasteiger charge is -2.23. The van der Waals surface area contributed by atoms with Crippen molar-refractivity contribution in [3.05, 3.63) is 0 Å². The maximum absolute atomic E-state index is 3.52. The SMILES string of the molecule is CCCC(CCC)C(C)NCC. The van der Waals surface area contributed by atoms with Crippen LogP contribution < -0.4 is 5.32 Å². The van der Waals surface area contributed by atoms with E-state index in [0.717, 1.165) is 12.5 Å². The molecular formula is C11H25N. The van der Waals surface area contributed by atoms with E-state index in [1.54, 1.807) is 0 Å². The van der Waals surface area contributed by atoms with Crippen molar-refractivity contribution < 1.29 is 0 Å². The molecule has 0 radical (unpaired) electrons. The van der Waals surface area contributed by atoms with Gasteiger partial charge >= 0.3 is 0 Å². The molecule has 1 N–H and O–H groups in total. The fourth-order valence-electron chi connectivity index (χ4n) is 1.87. The van der Waals surface area contributed by atoms with E-state index in [-0.39, 0.29) is 0 Å². The van der Waals surface area contributed by atoms with Crippen molar-refractivity contribution in [1.29, 1.82) is 0 Å². The first-order valence-electron chi connectivity index (χ1n) is 5.49. The van der Waals surface area contributed by atoms with E-state index in [4.69, 9.17) is 0 Å². The van der Waals surface area contributed by atoms with E-state index >= 15 is 0 Å². The Morgan fingerprint density at radius 2 is 1.50 bits per heavy atom. The van der Waals surface area contributed by atoms with Crippen LogP contribution in [0.2, 0.25) is 0 Å². The van der Waals surface area contributed by atoms with Crippen LogP contribution in [0.4, 0.5) is 0 Å². The van der Waals surface area contributed by atoms with Gasteiger partial charge in [-0.2, -0.15) is 0 Å². The van der Waals surface area contributed by atoms with Gasteiger partial charge < -0.3 is 5.32 Å². The van der Waals surface area contributed by atoms with Crippen molar-refractivity contribution in [2.45, 2.75) is 59.4 Å². The normalized spacial score (nSPS) is 13.8. The molecular weight excluding hydrogens is 146 g/mol. The number of nitrogens with one attached hydrogen (secondary N) is 1. The van der Waals surface area contributed by atoms with Crippen molar-refractivity contribution in [3.63, 3.8) is 0 Å². The monoisotopic (exact) mass is 171 g/mol. The topological polar surface area (TPSA) is 12.0 Å². The van der Waals surface area contributed by atoms with Gasteiger partial charge in [-0.3, -0.25) is 0 Å². The van der Waals surface area contributed by atoms with Gasteiger partial charge in [0.05, 0.1) is 0 Å². The second kappa shape index (κ2) is 7.60. The number of hydrogen-bond acceptors (Lipinski definition) is 1. The molecule has 1 nitrogen and oxygen atoms in total. The first kappa shape index (κ1) is 12.0. The second-order valence-corrected chi connectivity index (χ2v) is 3.68. The zero-order chi connectivity index (χ0) is 9.40. The average molecular weight is 171 g/mol. The van der Waals surface area contributed by atoms with Gasteiger partial charge in [0.1, 0.15) is 0 Å². The van der Waals surface area contributed by atoms with Crippen LogP contribution in [0.25, 0.3) is 0 Å². The van der Waals surface area contributed by atoms with E-state index in [1.165, 1.54) is 25.7 Å². The van der Waals surface area contributed by atoms with Gasteiger partial charge in [-0.15, -0.1) is 0 Å². The van der Waals surface area contributed by atoms with Crippen LogP contribution in [0.1, 0.15) is 53.4 Å². The van der Waals surface area contributed by atoms with Crippen LogP contribution >= 0.6 is 0 Å². The summed E-state index contributed by atoms with van der Waals surface area (Å²) < 4.78 is 0. The summed E-state index contributed by atoms with van der Waals surface area (Å²) in [5, 5.41) is 3.52. The Morgan fingerprint density at radius 1 is 1.00 bits per heavy atom. The molecule has 0 amide bonds. The van der Waals surface area contributed by atoms with Crippen molar-refractivity contribution in [2.75, 3.05) is 6.54 Å². The lowest BCUT2D eigenvalue weighted by atomic mass is 9.91. The first-order chi connectivity index (χ1) is 5.76. The van der Waals surface area contributed by atoms with Crippen LogP contribution in [0, 0.1) is 5.92 Å². The summed E-state index contributed by atoms with van der Waals surface area (Å²) in [5.74, 6) is 0.889. The van der Waals surface area contributed by atoms with E-state index in [0.29, 0.717) is 6.04 Å². The lowest BCUT2D eigenvalue weighted by molar-refractivity contribution is 0.333. The summed E-state index contributed by atoms with van der Waals surface area (Å²) in [5.41, 5.74) is 0. The molecule has 0 aromatic rings. The quantitative estimate of drug-likeness (QED) is 0.620. The molecule has 0 aliphatic heterocycles. The highest BCUT2D eigenvalue weighted by Gasteiger charge is 2.13. The zero-order valence-electron chi connectivity index (χ0n) is 9.19. The molecule has 0 spiro atoms. The van der Waals surface area contributed by atoms with Crippen LogP contribution in [0.5, 0.6) is 0 Å². The van der Waals surface area contributed by atoms with Gasteiger partial charge in [0.25, 0.3) is 0 Å². The van der Waals surface area contributed by atoms with Gasteiger partial charge in [-0.1, -0.05) is 33.6 Å². The third kappa shape index (κ3) is 4.76. The molecule has 0 rings (SSSR count). The molecule has 0 aliphatic carbocycles. The highest BCUT2D eigenvalue weighted by atomic mass is 14.9. The van der Waals surface area contributed by atoms with Gasteiger partial charge in [0.2, 0.25) is 0 Å². The van der Waals surface area contributed by atoms with Gasteiger partial charge in [0, 0.05) is 6.04 Å². The summed E-state index contributed by atoms with van der Waals surface area (Å²) in [7, 11) is 0. The summed E-state index contributed by atoms with van der Waals surface area (Å²) in [6.07, 6.45) is 5.39. The van der Waals surface area contributed by atoms with Gasteiger partial charge in [0.15, 0.2) is 0 Å². The Kier molecular flexibility index (Phi) is 7.58. The molecule has 0 heterocycles. The Hall–Kier alpha value is -0.0400. The van der Waals surface area contributed by atoms with E-state index < -0.39 is 0 Å². The molecule has 74 valence electrons. The van der Waals surface area contributed by atoms with E-state index in [9.17, 15) is 0 Å². The van der Waals surface area contributed by atoms with Crippen LogP contribution in [-0.2, 0) is 0 Å². The standard InChI is InChI=1S/C11H25N/c1-5-8-11(9-6-2)10(4)12-7-3/h10-12H,5-9H2,1-4H3. The molecule has 0 fully saturated rings. The smallest absolute Gasteiger partial charge is 0.00668 e. The van der Waals surface area contributed by atoms with E-state index in [2.05, 4.69) is 33.0 Å². The van der Waals surface area contributed by atoms with Crippen LogP contribution in [0.3, 0.4) is 0 Å². The average Bonchev–Trinajstić information content (AvgIpc) is 2.04. The van der Waals surface area contributed by atoms with E-state index in [1.807, 2.05) is 0 Å². The minimum atomic E-state index is 0.704. The molecule has 1 unspecified atom stereocenters. The van der Waals surface area contributed by atoms with Crippen LogP contribution in [-0.4, -0.2) is 12.6 Å². The summed E-state index contributed by atoms with van der Waals surface area (Å²) in [6, 6.07) is 0.704. The summed E-state index contributed by atoms with van der Waals surface area (Å²) >= 11 is 0. The molecule has 1 heteroatoms. The minimum Gasteiger partial charge on any atom is -0.314 e.